The van der Waals surface area contributed by atoms with Gasteiger partial charge in [-0.1, -0.05) is 60.1 Å². The van der Waals surface area contributed by atoms with Gasteiger partial charge in [0, 0.05) is 16.6 Å². The Morgan fingerprint density at radius 1 is 0.789 bits per heavy atom. The first-order valence-electron chi connectivity index (χ1n) is 6.10. The van der Waals surface area contributed by atoms with E-state index in [1.807, 2.05) is 54.7 Å². The van der Waals surface area contributed by atoms with E-state index in [1.54, 1.807) is 0 Å². The van der Waals surface area contributed by atoms with Crippen LogP contribution in [0.3, 0.4) is 0 Å². The molecular formula is C17H12ClN. The largest absolute Gasteiger partial charge is 0.256 e. The average Bonchev–Trinajstić information content (AvgIpc) is 2.47. The van der Waals surface area contributed by atoms with Crippen molar-refractivity contribution < 1.29 is 0 Å². The van der Waals surface area contributed by atoms with E-state index in [-0.39, 0.29) is 0 Å². The number of rotatable bonds is 2. The van der Waals surface area contributed by atoms with Gasteiger partial charge in [-0.2, -0.15) is 0 Å². The van der Waals surface area contributed by atoms with Crippen LogP contribution in [0.1, 0.15) is 5.56 Å². The molecule has 0 N–H and O–H groups in total. The maximum Gasteiger partial charge on any atom is 0.0708 e. The summed E-state index contributed by atoms with van der Waals surface area (Å²) in [6.07, 6.45) is 1.86. The molecule has 0 atom stereocenters. The zero-order valence-corrected chi connectivity index (χ0v) is 11.0. The van der Waals surface area contributed by atoms with Crippen LogP contribution >= 0.6 is 11.6 Å². The van der Waals surface area contributed by atoms with Gasteiger partial charge in [0.15, 0.2) is 0 Å². The SMILES string of the molecule is Clc1ccc(C=Nc2cccc3ccccc23)cc1. The van der Waals surface area contributed by atoms with Crippen molar-refractivity contribution in [2.45, 2.75) is 0 Å². The number of fused-ring (bicyclic) bond motifs is 1. The molecule has 19 heavy (non-hydrogen) atoms. The third-order valence-electron chi connectivity index (χ3n) is 2.99. The lowest BCUT2D eigenvalue weighted by molar-refractivity contribution is 1.56. The summed E-state index contributed by atoms with van der Waals surface area (Å²) >= 11 is 5.86. The second-order valence-electron chi connectivity index (χ2n) is 4.31. The first-order valence-corrected chi connectivity index (χ1v) is 6.48. The Labute approximate surface area is 117 Å². The first kappa shape index (κ1) is 11.9. The minimum atomic E-state index is 0.738. The summed E-state index contributed by atoms with van der Waals surface area (Å²) in [6, 6.07) is 22.0. The molecule has 1 nitrogen and oxygen atoms in total. The molecule has 0 aliphatic rings. The summed E-state index contributed by atoms with van der Waals surface area (Å²) < 4.78 is 0. The second kappa shape index (κ2) is 5.25. The molecule has 2 heteroatoms. The lowest BCUT2D eigenvalue weighted by atomic mass is 10.1. The van der Waals surface area contributed by atoms with Crippen molar-refractivity contribution in [3.63, 3.8) is 0 Å². The quantitative estimate of drug-likeness (QED) is 0.562. The van der Waals surface area contributed by atoms with Crippen LogP contribution in [0, 0.1) is 0 Å². The minimum absolute atomic E-state index is 0.738. The fourth-order valence-corrected chi connectivity index (χ4v) is 2.14. The number of hydrogen-bond donors (Lipinski definition) is 0. The van der Waals surface area contributed by atoms with Gasteiger partial charge in [0.1, 0.15) is 0 Å². The number of hydrogen-bond acceptors (Lipinski definition) is 1. The Bertz CT molecular complexity index is 724. The summed E-state index contributed by atoms with van der Waals surface area (Å²) in [5, 5.41) is 3.10. The molecule has 3 aromatic carbocycles. The van der Waals surface area contributed by atoms with Crippen LogP contribution in [0.15, 0.2) is 71.7 Å². The minimum Gasteiger partial charge on any atom is -0.256 e. The van der Waals surface area contributed by atoms with E-state index in [9.17, 15) is 0 Å². The number of aliphatic imine (C=N–C) groups is 1. The van der Waals surface area contributed by atoms with Gasteiger partial charge >= 0.3 is 0 Å². The van der Waals surface area contributed by atoms with E-state index in [4.69, 9.17) is 11.6 Å². The molecule has 0 bridgehead atoms. The molecule has 0 radical (unpaired) electrons. The molecule has 0 spiro atoms. The van der Waals surface area contributed by atoms with Crippen LogP contribution in [-0.2, 0) is 0 Å². The number of benzene rings is 3. The Morgan fingerprint density at radius 2 is 1.53 bits per heavy atom. The smallest absolute Gasteiger partial charge is 0.0708 e. The molecule has 0 saturated heterocycles. The van der Waals surface area contributed by atoms with Crippen LogP contribution in [0.25, 0.3) is 10.8 Å². The molecule has 0 saturated carbocycles. The van der Waals surface area contributed by atoms with Gasteiger partial charge in [0.2, 0.25) is 0 Å². The van der Waals surface area contributed by atoms with Gasteiger partial charge in [0.05, 0.1) is 5.69 Å². The standard InChI is InChI=1S/C17H12ClN/c18-15-10-8-13(9-11-15)12-19-17-7-3-5-14-4-1-2-6-16(14)17/h1-12H. The lowest BCUT2D eigenvalue weighted by Gasteiger charge is -2.01. The van der Waals surface area contributed by atoms with Gasteiger partial charge < -0.3 is 0 Å². The predicted octanol–water partition coefficient (Wildman–Crippen LogP) is 5.24. The molecule has 0 heterocycles. The number of halogens is 1. The van der Waals surface area contributed by atoms with Gasteiger partial charge in [-0.15, -0.1) is 0 Å². The predicted molar refractivity (Wildman–Crippen MR) is 82.7 cm³/mol. The summed E-state index contributed by atoms with van der Waals surface area (Å²) in [5.41, 5.74) is 2.02. The Kier molecular flexibility index (Phi) is 3.30. The van der Waals surface area contributed by atoms with E-state index in [0.717, 1.165) is 21.7 Å². The highest BCUT2D eigenvalue weighted by Gasteiger charge is 1.97. The van der Waals surface area contributed by atoms with Gasteiger partial charge in [-0.25, -0.2) is 0 Å². The van der Waals surface area contributed by atoms with Crippen LogP contribution in [0.4, 0.5) is 5.69 Å². The van der Waals surface area contributed by atoms with Gasteiger partial charge in [0.25, 0.3) is 0 Å². The Hall–Kier alpha value is -2.12. The lowest BCUT2D eigenvalue weighted by Crippen LogP contribution is -1.80. The molecule has 92 valence electrons. The van der Waals surface area contributed by atoms with Crippen LogP contribution < -0.4 is 0 Å². The highest BCUT2D eigenvalue weighted by Crippen LogP contribution is 2.25. The molecule has 3 aromatic rings. The molecule has 0 aromatic heterocycles. The topological polar surface area (TPSA) is 12.4 Å². The summed E-state index contributed by atoms with van der Waals surface area (Å²) in [7, 11) is 0. The van der Waals surface area contributed by atoms with Crippen molar-refractivity contribution in [1.82, 2.24) is 0 Å². The van der Waals surface area contributed by atoms with Crippen molar-refractivity contribution in [3.05, 3.63) is 77.3 Å². The third kappa shape index (κ3) is 2.67. The Balaban J connectivity index is 1.99. The molecule has 3 rings (SSSR count). The van der Waals surface area contributed by atoms with E-state index >= 15 is 0 Å². The third-order valence-corrected chi connectivity index (χ3v) is 3.24. The monoisotopic (exact) mass is 265 g/mol. The zero-order chi connectivity index (χ0) is 13.1. The molecular weight excluding hydrogens is 254 g/mol. The van der Waals surface area contributed by atoms with Crippen LogP contribution in [-0.4, -0.2) is 6.21 Å². The fraction of sp³-hybridized carbons (Fsp3) is 0. The normalized spacial score (nSPS) is 11.2. The van der Waals surface area contributed by atoms with Gasteiger partial charge in [-0.05, 0) is 29.1 Å². The van der Waals surface area contributed by atoms with E-state index in [1.165, 1.54) is 5.39 Å². The Morgan fingerprint density at radius 3 is 2.37 bits per heavy atom. The summed E-state index contributed by atoms with van der Waals surface area (Å²) in [6.45, 7) is 0. The maximum atomic E-state index is 5.86. The zero-order valence-electron chi connectivity index (χ0n) is 10.3. The molecule has 0 fully saturated rings. The van der Waals surface area contributed by atoms with E-state index in [2.05, 4.69) is 23.2 Å². The molecule has 0 aliphatic heterocycles. The number of nitrogens with zero attached hydrogens (tertiary/aromatic N) is 1. The summed E-state index contributed by atoms with van der Waals surface area (Å²) in [4.78, 5) is 4.57. The van der Waals surface area contributed by atoms with Crippen molar-refractivity contribution in [2.24, 2.45) is 4.99 Å². The van der Waals surface area contributed by atoms with E-state index < -0.39 is 0 Å². The second-order valence-corrected chi connectivity index (χ2v) is 4.74. The first-order chi connectivity index (χ1) is 9.33. The average molecular weight is 266 g/mol. The molecule has 0 amide bonds. The van der Waals surface area contributed by atoms with Gasteiger partial charge in [-0.3, -0.25) is 4.99 Å². The van der Waals surface area contributed by atoms with Crippen LogP contribution in [0.5, 0.6) is 0 Å². The molecule has 0 aliphatic carbocycles. The van der Waals surface area contributed by atoms with Crippen molar-refractivity contribution in [3.8, 4) is 0 Å². The van der Waals surface area contributed by atoms with Crippen molar-refractivity contribution >= 4 is 34.3 Å². The maximum absolute atomic E-state index is 5.86. The van der Waals surface area contributed by atoms with E-state index in [0.29, 0.717) is 0 Å². The summed E-state index contributed by atoms with van der Waals surface area (Å²) in [5.74, 6) is 0. The highest BCUT2D eigenvalue weighted by atomic mass is 35.5. The van der Waals surface area contributed by atoms with Crippen molar-refractivity contribution in [1.29, 1.82) is 0 Å². The fourth-order valence-electron chi connectivity index (χ4n) is 2.01. The molecule has 0 unspecified atom stereocenters. The van der Waals surface area contributed by atoms with Crippen LogP contribution in [0.2, 0.25) is 5.02 Å². The highest BCUT2D eigenvalue weighted by molar-refractivity contribution is 6.30. The van der Waals surface area contributed by atoms with Crippen molar-refractivity contribution in [2.75, 3.05) is 0 Å².